The van der Waals surface area contributed by atoms with E-state index in [1.54, 1.807) is 35.0 Å². The number of benzene rings is 1. The highest BCUT2D eigenvalue weighted by atomic mass is 35.5. The molecule has 3 aromatic heterocycles. The summed E-state index contributed by atoms with van der Waals surface area (Å²) in [5.41, 5.74) is 0.988. The highest BCUT2D eigenvalue weighted by Crippen LogP contribution is 2.31. The predicted molar refractivity (Wildman–Crippen MR) is 125 cm³/mol. The lowest BCUT2D eigenvalue weighted by Crippen LogP contribution is -2.28. The second-order valence-electron chi connectivity index (χ2n) is 7.27. The van der Waals surface area contributed by atoms with E-state index in [0.717, 1.165) is 23.1 Å². The molecule has 0 radical (unpaired) electrons. The number of pyridine rings is 1. The van der Waals surface area contributed by atoms with Crippen LogP contribution >= 0.6 is 34.7 Å². The molecule has 1 aromatic carbocycles. The van der Waals surface area contributed by atoms with E-state index in [0.29, 0.717) is 39.1 Å². The Labute approximate surface area is 191 Å². The zero-order valence-electron chi connectivity index (χ0n) is 16.4. The van der Waals surface area contributed by atoms with Gasteiger partial charge >= 0.3 is 0 Å². The van der Waals surface area contributed by atoms with E-state index in [1.165, 1.54) is 23.1 Å². The third-order valence-electron chi connectivity index (χ3n) is 5.23. The van der Waals surface area contributed by atoms with Crippen molar-refractivity contribution in [1.82, 2.24) is 14.5 Å². The lowest BCUT2D eigenvalue weighted by Gasteiger charge is -2.15. The summed E-state index contributed by atoms with van der Waals surface area (Å²) in [6.07, 6.45) is 3.57. The monoisotopic (exact) mass is 471 g/mol. The van der Waals surface area contributed by atoms with E-state index in [2.05, 4.69) is 4.98 Å². The number of thioether (sulfide) groups is 1. The highest BCUT2D eigenvalue weighted by Gasteiger charge is 2.23. The van der Waals surface area contributed by atoms with Crippen LogP contribution in [0.25, 0.3) is 20.4 Å². The fourth-order valence-corrected chi connectivity index (χ4v) is 5.86. The summed E-state index contributed by atoms with van der Waals surface area (Å²) in [6.45, 7) is 1.13. The van der Waals surface area contributed by atoms with E-state index >= 15 is 0 Å². The Morgan fingerprint density at radius 1 is 1.29 bits per heavy atom. The Hall–Kier alpha value is -2.26. The summed E-state index contributed by atoms with van der Waals surface area (Å²) < 4.78 is 7.99. The van der Waals surface area contributed by atoms with Gasteiger partial charge in [0.05, 0.1) is 28.9 Å². The van der Waals surface area contributed by atoms with Crippen molar-refractivity contribution in [2.75, 3.05) is 12.4 Å². The number of Topliss-reactive ketones (excluding diaryl/α,β-unsaturated/α-hetero) is 1. The van der Waals surface area contributed by atoms with E-state index in [1.807, 2.05) is 12.1 Å². The van der Waals surface area contributed by atoms with Crippen LogP contribution in [0.15, 0.2) is 52.5 Å². The van der Waals surface area contributed by atoms with Gasteiger partial charge in [-0.15, -0.1) is 11.3 Å². The van der Waals surface area contributed by atoms with Crippen LogP contribution in [-0.2, 0) is 11.3 Å². The molecule has 4 heterocycles. The molecule has 0 aliphatic carbocycles. The van der Waals surface area contributed by atoms with Crippen molar-refractivity contribution in [2.45, 2.75) is 30.6 Å². The van der Waals surface area contributed by atoms with Gasteiger partial charge in [0.25, 0.3) is 5.56 Å². The summed E-state index contributed by atoms with van der Waals surface area (Å²) in [5.74, 6) is 0.0264. The maximum atomic E-state index is 13.4. The van der Waals surface area contributed by atoms with Gasteiger partial charge in [-0.3, -0.25) is 14.2 Å². The van der Waals surface area contributed by atoms with Crippen LogP contribution in [0.5, 0.6) is 0 Å². The van der Waals surface area contributed by atoms with Crippen LogP contribution in [0.4, 0.5) is 0 Å². The van der Waals surface area contributed by atoms with Gasteiger partial charge in [0, 0.05) is 23.8 Å². The second-order valence-corrected chi connectivity index (χ2v) is 9.62. The molecule has 4 aromatic rings. The number of halogens is 1. The molecule has 5 rings (SSSR count). The van der Waals surface area contributed by atoms with Gasteiger partial charge in [0.2, 0.25) is 0 Å². The third-order valence-corrected chi connectivity index (χ3v) is 7.63. The molecule has 9 heteroatoms. The van der Waals surface area contributed by atoms with Gasteiger partial charge < -0.3 is 4.74 Å². The third kappa shape index (κ3) is 4.01. The average molecular weight is 472 g/mol. The number of rotatable bonds is 6. The van der Waals surface area contributed by atoms with Gasteiger partial charge in [-0.05, 0) is 37.1 Å². The minimum atomic E-state index is -0.115. The van der Waals surface area contributed by atoms with Crippen molar-refractivity contribution in [3.8, 4) is 0 Å². The number of hydrogen-bond donors (Lipinski definition) is 0. The Balaban J connectivity index is 1.55. The number of carbonyl (C=O) groups excluding carboxylic acids is 1. The van der Waals surface area contributed by atoms with Crippen LogP contribution < -0.4 is 5.56 Å². The Morgan fingerprint density at radius 3 is 2.97 bits per heavy atom. The zero-order chi connectivity index (χ0) is 21.4. The fourth-order valence-electron chi connectivity index (χ4n) is 3.70. The van der Waals surface area contributed by atoms with E-state index in [4.69, 9.17) is 21.3 Å². The van der Waals surface area contributed by atoms with Crippen LogP contribution in [0, 0.1) is 0 Å². The Morgan fingerprint density at radius 2 is 2.16 bits per heavy atom. The summed E-state index contributed by atoms with van der Waals surface area (Å²) in [6, 6.07) is 10.7. The largest absolute Gasteiger partial charge is 0.376 e. The number of aromatic nitrogens is 3. The molecular weight excluding hydrogens is 454 g/mol. The standard InChI is InChI=1S/C22H18ClN3O3S2/c23-16-8-2-1-6-14(16)17(27)12-30-22-25-18-15-7-3-9-24-20(15)31-19(18)21(28)26(22)11-13-5-4-10-29-13/h1-3,6-9,13H,4-5,10-12H2. The molecule has 1 unspecified atom stereocenters. The number of fused-ring (bicyclic) bond motifs is 3. The lowest BCUT2D eigenvalue weighted by atomic mass is 10.1. The first-order chi connectivity index (χ1) is 15.1. The zero-order valence-corrected chi connectivity index (χ0v) is 18.8. The van der Waals surface area contributed by atoms with Gasteiger partial charge in [-0.25, -0.2) is 9.97 Å². The quantitative estimate of drug-likeness (QED) is 0.228. The number of hydrogen-bond acceptors (Lipinski definition) is 7. The smallest absolute Gasteiger partial charge is 0.272 e. The van der Waals surface area contributed by atoms with E-state index < -0.39 is 0 Å². The predicted octanol–water partition coefficient (Wildman–Crippen LogP) is 4.81. The molecule has 0 N–H and O–H groups in total. The minimum Gasteiger partial charge on any atom is -0.376 e. The minimum absolute atomic E-state index is 0.0249. The first-order valence-electron chi connectivity index (χ1n) is 9.92. The van der Waals surface area contributed by atoms with Gasteiger partial charge in [0.15, 0.2) is 10.9 Å². The van der Waals surface area contributed by atoms with Crippen LogP contribution in [-0.4, -0.2) is 38.8 Å². The van der Waals surface area contributed by atoms with Gasteiger partial charge in [-0.1, -0.05) is 35.5 Å². The number of thiophene rings is 1. The van der Waals surface area contributed by atoms with Crippen molar-refractivity contribution in [2.24, 2.45) is 0 Å². The van der Waals surface area contributed by atoms with Crippen molar-refractivity contribution < 1.29 is 9.53 Å². The summed E-state index contributed by atoms with van der Waals surface area (Å²) in [4.78, 5) is 36.1. The molecule has 1 aliphatic heterocycles. The molecule has 158 valence electrons. The van der Waals surface area contributed by atoms with Crippen molar-refractivity contribution in [3.05, 3.63) is 63.5 Å². The topological polar surface area (TPSA) is 74.1 Å². The number of ketones is 1. The van der Waals surface area contributed by atoms with Gasteiger partial charge in [-0.2, -0.15) is 0 Å². The maximum Gasteiger partial charge on any atom is 0.272 e. The Bertz CT molecular complexity index is 1350. The molecule has 0 amide bonds. The lowest BCUT2D eigenvalue weighted by molar-refractivity contribution is 0.0938. The van der Waals surface area contributed by atoms with Crippen molar-refractivity contribution in [3.63, 3.8) is 0 Å². The number of carbonyl (C=O) groups is 1. The summed E-state index contributed by atoms with van der Waals surface area (Å²) >= 11 is 8.78. The Kier molecular flexibility index (Phi) is 5.79. The van der Waals surface area contributed by atoms with Crippen LogP contribution in [0.2, 0.25) is 5.02 Å². The SMILES string of the molecule is O=C(CSc1nc2c(sc3ncccc32)c(=O)n1CC1CCCO1)c1ccccc1Cl. The van der Waals surface area contributed by atoms with Gasteiger partial charge in [0.1, 0.15) is 9.53 Å². The average Bonchev–Trinajstić information content (AvgIpc) is 3.42. The molecule has 1 aliphatic rings. The normalized spacial score (nSPS) is 16.4. The highest BCUT2D eigenvalue weighted by molar-refractivity contribution is 7.99. The molecule has 1 saturated heterocycles. The molecule has 0 bridgehead atoms. The van der Waals surface area contributed by atoms with Crippen molar-refractivity contribution in [1.29, 1.82) is 0 Å². The van der Waals surface area contributed by atoms with E-state index in [-0.39, 0.29) is 23.2 Å². The maximum absolute atomic E-state index is 13.4. The van der Waals surface area contributed by atoms with Crippen LogP contribution in [0.1, 0.15) is 23.2 Å². The first kappa shape index (κ1) is 20.6. The van der Waals surface area contributed by atoms with E-state index in [9.17, 15) is 9.59 Å². The molecule has 1 fully saturated rings. The number of nitrogens with zero attached hydrogens (tertiary/aromatic N) is 3. The molecule has 31 heavy (non-hydrogen) atoms. The fraction of sp³-hybridized carbons (Fsp3) is 0.273. The molecule has 6 nitrogen and oxygen atoms in total. The van der Waals surface area contributed by atoms with Crippen molar-refractivity contribution >= 4 is 60.9 Å². The molecule has 0 spiro atoms. The molecular formula is C22H18ClN3O3S2. The second kappa shape index (κ2) is 8.70. The molecule has 0 saturated carbocycles. The number of ether oxygens (including phenoxy) is 1. The van der Waals surface area contributed by atoms with Crippen LogP contribution in [0.3, 0.4) is 0 Å². The first-order valence-corrected chi connectivity index (χ1v) is 12.1. The molecule has 1 atom stereocenters. The summed E-state index contributed by atoms with van der Waals surface area (Å²) in [5, 5.41) is 1.78. The summed E-state index contributed by atoms with van der Waals surface area (Å²) in [7, 11) is 0.